The Balaban J connectivity index is 3.05. The molecule has 0 aromatic heterocycles. The molecule has 20 heavy (non-hydrogen) atoms. The molecule has 0 saturated heterocycles. The maximum absolute atomic E-state index is 11.1. The average molecular weight is 378 g/mol. The molecule has 4 nitrogen and oxygen atoms in total. The van der Waals surface area contributed by atoms with E-state index in [-0.39, 0.29) is 27.4 Å². The Kier molecular flexibility index (Phi) is 6.35. The van der Waals surface area contributed by atoms with Crippen LogP contribution in [0.5, 0.6) is 5.75 Å². The second kappa shape index (κ2) is 7.14. The summed E-state index contributed by atoms with van der Waals surface area (Å²) in [7, 11) is 1.42. The highest BCUT2D eigenvalue weighted by atomic mass is 35.5. The van der Waals surface area contributed by atoms with Crippen molar-refractivity contribution in [2.45, 2.75) is 17.9 Å². The highest BCUT2D eigenvalue weighted by Gasteiger charge is 2.29. The lowest BCUT2D eigenvalue weighted by Crippen LogP contribution is -2.19. The molecule has 0 radical (unpaired) electrons. The van der Waals surface area contributed by atoms with E-state index in [1.54, 1.807) is 0 Å². The number of hydrogen-bond acceptors (Lipinski definition) is 4. The number of rotatable bonds is 5. The molecule has 0 heterocycles. The summed E-state index contributed by atoms with van der Waals surface area (Å²) in [5, 5.41) is 8.03. The van der Waals surface area contributed by atoms with Gasteiger partial charge >= 0.3 is 0 Å². The van der Waals surface area contributed by atoms with E-state index in [0.717, 1.165) is 0 Å². The standard InChI is InChI=1S/C11H9Cl5N2O2/c1-5(19)11(15,16)18-17-4-6-7(12)3-8(13)10(20-2)9(6)14/h3H,4H2,1-2H3. The average Bonchev–Trinajstić information content (AvgIpc) is 2.33. The van der Waals surface area contributed by atoms with E-state index in [9.17, 15) is 4.79 Å². The topological polar surface area (TPSA) is 51.0 Å². The van der Waals surface area contributed by atoms with Crippen LogP contribution < -0.4 is 4.74 Å². The van der Waals surface area contributed by atoms with Crippen molar-refractivity contribution >= 4 is 63.8 Å². The number of alkyl halides is 2. The predicted octanol–water partition coefficient (Wildman–Crippen LogP) is 5.33. The van der Waals surface area contributed by atoms with E-state index in [0.29, 0.717) is 5.56 Å². The van der Waals surface area contributed by atoms with Crippen LogP contribution >= 0.6 is 58.0 Å². The van der Waals surface area contributed by atoms with Gasteiger partial charge in [0.2, 0.25) is 0 Å². The highest BCUT2D eigenvalue weighted by molar-refractivity contribution is 6.57. The summed E-state index contributed by atoms with van der Waals surface area (Å²) in [6.45, 7) is 1.17. The Morgan fingerprint density at radius 1 is 1.30 bits per heavy atom. The zero-order chi connectivity index (χ0) is 15.5. The minimum absolute atomic E-state index is 0.0281. The molecular formula is C11H9Cl5N2O2. The zero-order valence-corrected chi connectivity index (χ0v) is 14.2. The minimum Gasteiger partial charge on any atom is -0.494 e. The highest BCUT2D eigenvalue weighted by Crippen LogP contribution is 2.40. The maximum atomic E-state index is 11.1. The predicted molar refractivity (Wildman–Crippen MR) is 81.7 cm³/mol. The third-order valence-electron chi connectivity index (χ3n) is 2.28. The van der Waals surface area contributed by atoms with Gasteiger partial charge in [0.05, 0.1) is 23.7 Å². The molecule has 1 aromatic carbocycles. The summed E-state index contributed by atoms with van der Waals surface area (Å²) in [4.78, 5) is 11.1. The first kappa shape index (κ1) is 17.8. The van der Waals surface area contributed by atoms with Gasteiger partial charge in [0, 0.05) is 10.6 Å². The van der Waals surface area contributed by atoms with Gasteiger partial charge in [-0.15, -0.1) is 5.11 Å². The zero-order valence-electron chi connectivity index (χ0n) is 10.4. The number of ether oxygens (including phenoxy) is 1. The van der Waals surface area contributed by atoms with Crippen LogP contribution in [-0.4, -0.2) is 17.4 Å². The lowest BCUT2D eigenvalue weighted by Gasteiger charge is -2.11. The molecule has 0 N–H and O–H groups in total. The van der Waals surface area contributed by atoms with Gasteiger partial charge in [0.1, 0.15) is 0 Å². The summed E-state index contributed by atoms with van der Waals surface area (Å²) in [6.07, 6.45) is 0. The Morgan fingerprint density at radius 2 is 1.90 bits per heavy atom. The number of carbonyl (C=O) groups excluding carboxylic acids is 1. The fourth-order valence-corrected chi connectivity index (χ4v) is 2.35. The number of ketones is 1. The van der Waals surface area contributed by atoms with Gasteiger partial charge < -0.3 is 4.74 Å². The van der Waals surface area contributed by atoms with E-state index in [2.05, 4.69) is 10.2 Å². The van der Waals surface area contributed by atoms with Crippen molar-refractivity contribution in [3.05, 3.63) is 26.7 Å². The first-order valence-electron chi connectivity index (χ1n) is 5.18. The molecule has 0 amide bonds. The molecule has 0 spiro atoms. The Bertz CT molecular complexity index is 560. The van der Waals surface area contributed by atoms with Gasteiger partial charge in [-0.25, -0.2) is 0 Å². The number of hydrogen-bond donors (Lipinski definition) is 0. The first-order valence-corrected chi connectivity index (χ1v) is 7.07. The van der Waals surface area contributed by atoms with Gasteiger partial charge in [-0.3, -0.25) is 4.79 Å². The van der Waals surface area contributed by atoms with Crippen LogP contribution in [0, 0.1) is 0 Å². The molecule has 0 atom stereocenters. The van der Waals surface area contributed by atoms with Gasteiger partial charge in [-0.1, -0.05) is 58.0 Å². The number of azo groups is 1. The molecular weight excluding hydrogens is 369 g/mol. The quantitative estimate of drug-likeness (QED) is 0.395. The molecule has 0 bridgehead atoms. The van der Waals surface area contributed by atoms with Crippen LogP contribution in [0.3, 0.4) is 0 Å². The number of carbonyl (C=O) groups is 1. The van der Waals surface area contributed by atoms with E-state index in [1.165, 1.54) is 20.1 Å². The fraction of sp³-hybridized carbons (Fsp3) is 0.364. The largest absolute Gasteiger partial charge is 0.494 e. The Morgan fingerprint density at radius 3 is 2.40 bits per heavy atom. The fourth-order valence-electron chi connectivity index (χ4n) is 1.21. The smallest absolute Gasteiger partial charge is 0.285 e. The molecule has 0 saturated carbocycles. The molecule has 0 aliphatic heterocycles. The molecule has 0 aliphatic rings. The summed E-state index contributed by atoms with van der Waals surface area (Å²) in [6, 6.07) is 1.47. The Labute approximate surface area is 140 Å². The lowest BCUT2D eigenvalue weighted by atomic mass is 10.2. The third-order valence-corrected chi connectivity index (χ3v) is 3.98. The summed E-state index contributed by atoms with van der Waals surface area (Å²) in [5.74, 6) is -0.270. The van der Waals surface area contributed by atoms with Crippen molar-refractivity contribution in [2.75, 3.05) is 7.11 Å². The summed E-state index contributed by atoms with van der Waals surface area (Å²) in [5.41, 5.74) is 0.436. The number of benzene rings is 1. The monoisotopic (exact) mass is 376 g/mol. The van der Waals surface area contributed by atoms with E-state index in [4.69, 9.17) is 62.7 Å². The van der Waals surface area contributed by atoms with Gasteiger partial charge in [-0.05, 0) is 13.0 Å². The van der Waals surface area contributed by atoms with Gasteiger partial charge in [0.15, 0.2) is 11.5 Å². The van der Waals surface area contributed by atoms with Crippen molar-refractivity contribution in [3.8, 4) is 5.75 Å². The van der Waals surface area contributed by atoms with Crippen molar-refractivity contribution in [1.29, 1.82) is 0 Å². The molecule has 0 fully saturated rings. The summed E-state index contributed by atoms with van der Waals surface area (Å²) >= 11 is 29.3. The lowest BCUT2D eigenvalue weighted by molar-refractivity contribution is -0.117. The number of Topliss-reactive ketones (excluding diaryl/α,β-unsaturated/α-hetero) is 1. The number of methoxy groups -OCH3 is 1. The summed E-state index contributed by atoms with van der Waals surface area (Å²) < 4.78 is 3.13. The number of halogens is 5. The van der Waals surface area contributed by atoms with Crippen LogP contribution in [0.1, 0.15) is 12.5 Å². The second-order valence-electron chi connectivity index (χ2n) is 3.66. The maximum Gasteiger partial charge on any atom is 0.285 e. The minimum atomic E-state index is -1.92. The van der Waals surface area contributed by atoms with Crippen molar-refractivity contribution < 1.29 is 9.53 Å². The van der Waals surface area contributed by atoms with Crippen LogP contribution in [0.4, 0.5) is 0 Å². The molecule has 1 aromatic rings. The molecule has 1 rings (SSSR count). The molecule has 9 heteroatoms. The molecule has 0 unspecified atom stereocenters. The van der Waals surface area contributed by atoms with E-state index in [1.807, 2.05) is 0 Å². The first-order chi connectivity index (χ1) is 9.20. The van der Waals surface area contributed by atoms with Gasteiger partial charge in [0.25, 0.3) is 4.46 Å². The third kappa shape index (κ3) is 4.12. The normalized spacial score (nSPS) is 11.9. The van der Waals surface area contributed by atoms with Crippen molar-refractivity contribution in [1.82, 2.24) is 0 Å². The van der Waals surface area contributed by atoms with Crippen molar-refractivity contribution in [2.24, 2.45) is 10.2 Å². The van der Waals surface area contributed by atoms with Crippen LogP contribution in [-0.2, 0) is 11.3 Å². The SMILES string of the molecule is COc1c(Cl)cc(Cl)c(CN=NC(Cl)(Cl)C(C)=O)c1Cl. The van der Waals surface area contributed by atoms with Gasteiger partial charge in [-0.2, -0.15) is 5.11 Å². The number of nitrogens with zero attached hydrogens (tertiary/aromatic N) is 2. The van der Waals surface area contributed by atoms with E-state index >= 15 is 0 Å². The second-order valence-corrected chi connectivity index (χ2v) is 6.14. The molecule has 110 valence electrons. The van der Waals surface area contributed by atoms with Crippen LogP contribution in [0.25, 0.3) is 0 Å². The van der Waals surface area contributed by atoms with Crippen molar-refractivity contribution in [3.63, 3.8) is 0 Å². The molecule has 0 aliphatic carbocycles. The van der Waals surface area contributed by atoms with E-state index < -0.39 is 10.2 Å². The van der Waals surface area contributed by atoms with Crippen LogP contribution in [0.15, 0.2) is 16.3 Å². The van der Waals surface area contributed by atoms with Crippen LogP contribution in [0.2, 0.25) is 15.1 Å². The Hall–Kier alpha value is -0.260.